The van der Waals surface area contributed by atoms with Crippen molar-refractivity contribution in [1.29, 1.82) is 0 Å². The van der Waals surface area contributed by atoms with Crippen LogP contribution in [0.5, 0.6) is 0 Å². The van der Waals surface area contributed by atoms with Crippen LogP contribution in [0.15, 0.2) is 10.0 Å². The Hall–Kier alpha value is -1.08. The number of thiazole rings is 1. The summed E-state index contributed by atoms with van der Waals surface area (Å²) in [5.74, 6) is 2.15. The Bertz CT molecular complexity index is 551. The standard InChI is InChI=1S/C12H17N3O2S2/c1-3-4-12-14-11(15-17-12)7-19(16)6-5-10-9(2)13-8-18-10/h8H,3-7H2,1-2H3. The van der Waals surface area contributed by atoms with E-state index in [4.69, 9.17) is 4.52 Å². The summed E-state index contributed by atoms with van der Waals surface area (Å²) < 4.78 is 17.0. The second kappa shape index (κ2) is 6.91. The molecular weight excluding hydrogens is 282 g/mol. The number of aryl methyl sites for hydroxylation is 3. The van der Waals surface area contributed by atoms with Crippen LogP contribution in [-0.2, 0) is 29.4 Å². The number of rotatable bonds is 7. The van der Waals surface area contributed by atoms with Crippen molar-refractivity contribution in [2.75, 3.05) is 5.75 Å². The second-order valence-electron chi connectivity index (χ2n) is 4.25. The SMILES string of the molecule is CCCc1nc(CS(=O)CCc2scnc2C)no1. The lowest BCUT2D eigenvalue weighted by molar-refractivity contribution is 0.373. The van der Waals surface area contributed by atoms with Gasteiger partial charge in [-0.25, -0.2) is 4.98 Å². The van der Waals surface area contributed by atoms with Crippen LogP contribution in [0.1, 0.15) is 35.6 Å². The maximum atomic E-state index is 12.0. The van der Waals surface area contributed by atoms with Crippen LogP contribution in [-0.4, -0.2) is 25.1 Å². The molecule has 1 unspecified atom stereocenters. The van der Waals surface area contributed by atoms with Crippen LogP contribution < -0.4 is 0 Å². The Kier molecular flexibility index (Phi) is 5.21. The monoisotopic (exact) mass is 299 g/mol. The maximum absolute atomic E-state index is 12.0. The molecule has 2 rings (SSSR count). The molecule has 104 valence electrons. The molecule has 0 radical (unpaired) electrons. The first-order valence-corrected chi connectivity index (χ1v) is 8.61. The van der Waals surface area contributed by atoms with E-state index >= 15 is 0 Å². The summed E-state index contributed by atoms with van der Waals surface area (Å²) in [4.78, 5) is 9.61. The Balaban J connectivity index is 1.82. The van der Waals surface area contributed by atoms with Gasteiger partial charge in [0.15, 0.2) is 5.82 Å². The molecule has 0 aliphatic rings. The highest BCUT2D eigenvalue weighted by Crippen LogP contribution is 2.13. The molecule has 2 aromatic heterocycles. The first-order valence-electron chi connectivity index (χ1n) is 6.24. The van der Waals surface area contributed by atoms with Crippen molar-refractivity contribution in [3.8, 4) is 0 Å². The smallest absolute Gasteiger partial charge is 0.226 e. The van der Waals surface area contributed by atoms with Gasteiger partial charge in [-0.15, -0.1) is 11.3 Å². The average molecular weight is 299 g/mol. The Morgan fingerprint density at radius 2 is 2.26 bits per heavy atom. The Labute approximate surface area is 118 Å². The average Bonchev–Trinajstić information content (AvgIpc) is 2.97. The number of nitrogens with zero attached hydrogens (tertiary/aromatic N) is 3. The zero-order chi connectivity index (χ0) is 13.7. The van der Waals surface area contributed by atoms with E-state index in [0.29, 0.717) is 23.2 Å². The van der Waals surface area contributed by atoms with Gasteiger partial charge in [-0.1, -0.05) is 12.1 Å². The summed E-state index contributed by atoms with van der Waals surface area (Å²) in [7, 11) is -0.961. The van der Waals surface area contributed by atoms with Crippen molar-refractivity contribution in [3.05, 3.63) is 27.8 Å². The molecule has 2 heterocycles. The van der Waals surface area contributed by atoms with Crippen LogP contribution in [0.4, 0.5) is 0 Å². The van der Waals surface area contributed by atoms with Gasteiger partial charge in [0.1, 0.15) is 0 Å². The molecule has 0 N–H and O–H groups in total. The summed E-state index contributed by atoms with van der Waals surface area (Å²) in [6, 6.07) is 0. The highest BCUT2D eigenvalue weighted by atomic mass is 32.2. The summed E-state index contributed by atoms with van der Waals surface area (Å²) in [5, 5.41) is 3.85. The predicted molar refractivity (Wildman–Crippen MR) is 75.6 cm³/mol. The zero-order valence-corrected chi connectivity index (χ0v) is 12.7. The molecule has 0 aromatic carbocycles. The minimum atomic E-state index is -0.961. The van der Waals surface area contributed by atoms with Gasteiger partial charge in [0.2, 0.25) is 5.89 Å². The van der Waals surface area contributed by atoms with Crippen molar-refractivity contribution >= 4 is 22.1 Å². The third kappa shape index (κ3) is 4.21. The van der Waals surface area contributed by atoms with E-state index < -0.39 is 10.8 Å². The molecule has 0 bridgehead atoms. The lowest BCUT2D eigenvalue weighted by Gasteiger charge is -1.98. The number of aromatic nitrogens is 3. The maximum Gasteiger partial charge on any atom is 0.226 e. The number of hydrogen-bond donors (Lipinski definition) is 0. The number of hydrogen-bond acceptors (Lipinski definition) is 6. The van der Waals surface area contributed by atoms with E-state index in [-0.39, 0.29) is 0 Å². The molecule has 7 heteroatoms. The van der Waals surface area contributed by atoms with Gasteiger partial charge in [0, 0.05) is 27.9 Å². The fourth-order valence-electron chi connectivity index (χ4n) is 1.65. The normalized spacial score (nSPS) is 12.7. The first-order chi connectivity index (χ1) is 9.19. The van der Waals surface area contributed by atoms with Crippen molar-refractivity contribution in [3.63, 3.8) is 0 Å². The molecule has 0 amide bonds. The van der Waals surface area contributed by atoms with Gasteiger partial charge in [0.25, 0.3) is 0 Å². The Morgan fingerprint density at radius 1 is 1.42 bits per heavy atom. The summed E-state index contributed by atoms with van der Waals surface area (Å²) in [6.45, 7) is 4.03. The zero-order valence-electron chi connectivity index (χ0n) is 11.1. The van der Waals surface area contributed by atoms with Crippen LogP contribution >= 0.6 is 11.3 Å². The van der Waals surface area contributed by atoms with Crippen LogP contribution in [0.25, 0.3) is 0 Å². The van der Waals surface area contributed by atoms with Gasteiger partial charge in [-0.05, 0) is 19.8 Å². The van der Waals surface area contributed by atoms with E-state index in [0.717, 1.165) is 25.0 Å². The fraction of sp³-hybridized carbons (Fsp3) is 0.583. The van der Waals surface area contributed by atoms with Crippen LogP contribution in [0.2, 0.25) is 0 Å². The molecule has 0 fully saturated rings. The van der Waals surface area contributed by atoms with Gasteiger partial charge < -0.3 is 4.52 Å². The largest absolute Gasteiger partial charge is 0.339 e. The minimum absolute atomic E-state index is 0.366. The summed E-state index contributed by atoms with van der Waals surface area (Å²) in [5.41, 5.74) is 2.86. The molecule has 0 aliphatic carbocycles. The van der Waals surface area contributed by atoms with Crippen molar-refractivity contribution in [1.82, 2.24) is 15.1 Å². The third-order valence-electron chi connectivity index (χ3n) is 2.67. The van der Waals surface area contributed by atoms with Gasteiger partial charge in [-0.2, -0.15) is 4.98 Å². The highest BCUT2D eigenvalue weighted by Gasteiger charge is 2.10. The van der Waals surface area contributed by atoms with Gasteiger partial charge >= 0.3 is 0 Å². The van der Waals surface area contributed by atoms with Crippen LogP contribution in [0, 0.1) is 6.92 Å². The quantitative estimate of drug-likeness (QED) is 0.784. The first kappa shape index (κ1) is 14.3. The molecule has 19 heavy (non-hydrogen) atoms. The highest BCUT2D eigenvalue weighted by molar-refractivity contribution is 7.84. The van der Waals surface area contributed by atoms with E-state index in [1.54, 1.807) is 11.3 Å². The van der Waals surface area contributed by atoms with E-state index in [1.807, 2.05) is 12.4 Å². The van der Waals surface area contributed by atoms with E-state index in [2.05, 4.69) is 22.0 Å². The third-order valence-corrected chi connectivity index (χ3v) is 4.90. The van der Waals surface area contributed by atoms with E-state index in [1.165, 1.54) is 4.88 Å². The molecule has 1 atom stereocenters. The molecule has 0 aliphatic heterocycles. The molecule has 5 nitrogen and oxygen atoms in total. The molecular formula is C12H17N3O2S2. The fourth-order valence-corrected chi connectivity index (χ4v) is 3.54. The molecule has 0 saturated carbocycles. The molecule has 2 aromatic rings. The predicted octanol–water partition coefficient (Wildman–Crippen LogP) is 2.28. The summed E-state index contributed by atoms with van der Waals surface area (Å²) in [6.07, 6.45) is 2.54. The van der Waals surface area contributed by atoms with Crippen LogP contribution in [0.3, 0.4) is 0 Å². The second-order valence-corrected chi connectivity index (χ2v) is 6.77. The summed E-state index contributed by atoms with van der Waals surface area (Å²) >= 11 is 1.61. The Morgan fingerprint density at radius 3 is 2.95 bits per heavy atom. The van der Waals surface area contributed by atoms with Crippen molar-refractivity contribution < 1.29 is 8.73 Å². The lowest BCUT2D eigenvalue weighted by atomic mass is 10.3. The topological polar surface area (TPSA) is 68.9 Å². The van der Waals surface area contributed by atoms with Crippen molar-refractivity contribution in [2.45, 2.75) is 38.9 Å². The van der Waals surface area contributed by atoms with Crippen molar-refractivity contribution in [2.24, 2.45) is 0 Å². The van der Waals surface area contributed by atoms with Gasteiger partial charge in [0.05, 0.1) is 17.0 Å². The lowest BCUT2D eigenvalue weighted by Crippen LogP contribution is -2.05. The minimum Gasteiger partial charge on any atom is -0.339 e. The molecule has 0 spiro atoms. The van der Waals surface area contributed by atoms with E-state index in [9.17, 15) is 4.21 Å². The molecule has 0 saturated heterocycles. The van der Waals surface area contributed by atoms with Gasteiger partial charge in [-0.3, -0.25) is 4.21 Å².